The highest BCUT2D eigenvalue weighted by molar-refractivity contribution is 7.89. The van der Waals surface area contributed by atoms with Gasteiger partial charge >= 0.3 is 0 Å². The molecule has 214 valence electrons. The molecule has 1 saturated carbocycles. The lowest BCUT2D eigenvalue weighted by atomic mass is 9.98. The second kappa shape index (κ2) is 10.5. The van der Waals surface area contributed by atoms with Gasteiger partial charge in [0.2, 0.25) is 10.0 Å². The number of rotatable bonds is 8. The van der Waals surface area contributed by atoms with Gasteiger partial charge in [-0.1, -0.05) is 37.3 Å². The molecule has 0 spiro atoms. The monoisotopic (exact) mass is 584 g/mol. The molecule has 1 aliphatic carbocycles. The quantitative estimate of drug-likeness (QED) is 0.365. The molecule has 3 aromatic rings. The summed E-state index contributed by atoms with van der Waals surface area (Å²) >= 11 is 1.10. The number of aliphatic hydroxyl groups is 1. The van der Waals surface area contributed by atoms with Gasteiger partial charge in [0.15, 0.2) is 5.01 Å². The van der Waals surface area contributed by atoms with Crippen LogP contribution in [0.4, 0.5) is 0 Å². The van der Waals surface area contributed by atoms with Crippen LogP contribution in [0, 0.1) is 5.92 Å². The van der Waals surface area contributed by atoms with E-state index in [-0.39, 0.29) is 28.0 Å². The van der Waals surface area contributed by atoms with Gasteiger partial charge in [-0.3, -0.25) is 9.59 Å². The maximum atomic E-state index is 13.8. The molecule has 2 amide bonds. The number of benzene rings is 2. The number of amides is 2. The van der Waals surface area contributed by atoms with Crippen molar-refractivity contribution in [1.82, 2.24) is 19.9 Å². The molecule has 1 saturated heterocycles. The van der Waals surface area contributed by atoms with Gasteiger partial charge in [0.25, 0.3) is 11.8 Å². The molecule has 3 N–H and O–H groups in total. The minimum atomic E-state index is -3.78. The summed E-state index contributed by atoms with van der Waals surface area (Å²) in [6, 6.07) is 10.5. The molecule has 0 atom stereocenters. The Balaban J connectivity index is 1.60. The molecule has 5 rings (SSSR count). The van der Waals surface area contributed by atoms with Crippen LogP contribution in [-0.4, -0.2) is 66.0 Å². The van der Waals surface area contributed by atoms with E-state index in [2.05, 4.69) is 21.9 Å². The van der Waals surface area contributed by atoms with Gasteiger partial charge in [-0.15, -0.1) is 11.3 Å². The highest BCUT2D eigenvalue weighted by Crippen LogP contribution is 2.40. The summed E-state index contributed by atoms with van der Waals surface area (Å²) in [5.74, 6) is -0.194. The predicted molar refractivity (Wildman–Crippen MR) is 156 cm³/mol. The van der Waals surface area contributed by atoms with Crippen molar-refractivity contribution in [3.8, 4) is 10.4 Å². The van der Waals surface area contributed by atoms with E-state index in [1.165, 1.54) is 0 Å². The van der Waals surface area contributed by atoms with Crippen molar-refractivity contribution < 1.29 is 23.1 Å². The lowest BCUT2D eigenvalue weighted by Gasteiger charge is -2.30. The van der Waals surface area contributed by atoms with Crippen molar-refractivity contribution in [2.75, 3.05) is 19.6 Å². The smallest absolute Gasteiger partial charge is 0.280 e. The molecular weight excluding hydrogens is 548 g/mol. The van der Waals surface area contributed by atoms with E-state index in [9.17, 15) is 23.1 Å². The zero-order valence-electron chi connectivity index (χ0n) is 23.3. The Morgan fingerprint density at radius 2 is 1.77 bits per heavy atom. The Labute approximate surface area is 239 Å². The molecule has 9 nitrogen and oxygen atoms in total. The first-order valence-electron chi connectivity index (χ1n) is 13.6. The van der Waals surface area contributed by atoms with Crippen LogP contribution >= 0.6 is 11.3 Å². The molecule has 2 fully saturated rings. The second-order valence-corrected chi connectivity index (χ2v) is 14.6. The zero-order valence-corrected chi connectivity index (χ0v) is 24.9. The van der Waals surface area contributed by atoms with Gasteiger partial charge < -0.3 is 15.3 Å². The number of sulfonamides is 1. The van der Waals surface area contributed by atoms with E-state index >= 15 is 0 Å². The highest BCUT2D eigenvalue weighted by Gasteiger charge is 2.41. The van der Waals surface area contributed by atoms with E-state index in [1.807, 2.05) is 19.1 Å². The fourth-order valence-corrected chi connectivity index (χ4v) is 7.54. The number of nitrogens with one attached hydrogen (secondary N) is 2. The third-order valence-corrected chi connectivity index (χ3v) is 10.4. The lowest BCUT2D eigenvalue weighted by molar-refractivity contribution is 0.0685. The number of piperidine rings is 1. The van der Waals surface area contributed by atoms with Crippen LogP contribution in [0.25, 0.3) is 21.2 Å². The number of nitrogens with zero attached hydrogens (tertiary/aromatic N) is 2. The molecule has 2 aliphatic rings. The van der Waals surface area contributed by atoms with Crippen LogP contribution in [-0.2, 0) is 10.0 Å². The van der Waals surface area contributed by atoms with E-state index in [4.69, 9.17) is 0 Å². The number of carbonyl (C=O) groups excluding carboxylic acids is 2. The standard InChI is InChI=1S/C29H36N4O5S2/c1-18-11-15-33(16-12-18)27(35)23-24(39-26(31-23)25(34)30-17-28(2,3)36)21-9-10-22(20-8-6-5-7-19(20)21)40(37,38)32-29(4)13-14-29/h5-10,18,32,36H,11-17H2,1-4H3,(H,30,34). The normalized spacial score (nSPS) is 17.7. The summed E-state index contributed by atoms with van der Waals surface area (Å²) in [5.41, 5.74) is -0.716. The fourth-order valence-electron chi connectivity index (χ4n) is 4.85. The van der Waals surface area contributed by atoms with E-state index in [1.54, 1.807) is 43.0 Å². The number of fused-ring (bicyclic) bond motifs is 1. The maximum absolute atomic E-state index is 13.8. The number of aromatic nitrogens is 1. The summed E-state index contributed by atoms with van der Waals surface area (Å²) in [4.78, 5) is 33.8. The number of likely N-dealkylation sites (tertiary alicyclic amines) is 1. The first-order valence-corrected chi connectivity index (χ1v) is 15.9. The number of thiazole rings is 1. The Bertz CT molecular complexity index is 1560. The summed E-state index contributed by atoms with van der Waals surface area (Å²) in [6.07, 6.45) is 3.38. The van der Waals surface area contributed by atoms with E-state index in [0.717, 1.165) is 37.0 Å². The average Bonchev–Trinajstić information content (AvgIpc) is 3.44. The molecule has 1 aromatic heterocycles. The minimum absolute atomic E-state index is 0.0233. The molecule has 1 aliphatic heterocycles. The third-order valence-electron chi connectivity index (χ3n) is 7.58. The Morgan fingerprint density at radius 1 is 1.12 bits per heavy atom. The molecular formula is C29H36N4O5S2. The molecule has 2 heterocycles. The fraction of sp³-hybridized carbons (Fsp3) is 0.483. The van der Waals surface area contributed by atoms with Gasteiger partial charge in [0.1, 0.15) is 5.69 Å². The lowest BCUT2D eigenvalue weighted by Crippen LogP contribution is -2.39. The molecule has 0 unspecified atom stereocenters. The van der Waals surface area contributed by atoms with Crippen molar-refractivity contribution in [3.05, 3.63) is 47.1 Å². The Kier molecular flexibility index (Phi) is 7.54. The average molecular weight is 585 g/mol. The predicted octanol–water partition coefficient (Wildman–Crippen LogP) is 4.17. The number of carbonyl (C=O) groups is 2. The van der Waals surface area contributed by atoms with Crippen LogP contribution < -0.4 is 10.0 Å². The summed E-state index contributed by atoms with van der Waals surface area (Å²) in [7, 11) is -3.78. The first-order chi connectivity index (χ1) is 18.8. The van der Waals surface area contributed by atoms with Crippen molar-refractivity contribution >= 4 is 43.9 Å². The minimum Gasteiger partial charge on any atom is -0.389 e. The second-order valence-electron chi connectivity index (χ2n) is 12.0. The van der Waals surface area contributed by atoms with Crippen LogP contribution in [0.1, 0.15) is 73.7 Å². The van der Waals surface area contributed by atoms with Gasteiger partial charge in [-0.25, -0.2) is 18.1 Å². The van der Waals surface area contributed by atoms with Crippen molar-refractivity contribution in [2.24, 2.45) is 5.92 Å². The van der Waals surface area contributed by atoms with Gasteiger partial charge in [0.05, 0.1) is 15.4 Å². The largest absolute Gasteiger partial charge is 0.389 e. The summed E-state index contributed by atoms with van der Waals surface area (Å²) in [5, 5.41) is 14.1. The number of hydrogen-bond donors (Lipinski definition) is 3. The SMILES string of the molecule is CC1CCN(C(=O)c2nc(C(=O)NCC(C)(C)O)sc2-c2ccc(S(=O)(=O)NC3(C)CC3)c3ccccc23)CC1. The van der Waals surface area contributed by atoms with Gasteiger partial charge in [-0.05, 0) is 63.8 Å². The van der Waals surface area contributed by atoms with Crippen LogP contribution in [0.5, 0.6) is 0 Å². The topological polar surface area (TPSA) is 129 Å². The Hall–Kier alpha value is -2.86. The van der Waals surface area contributed by atoms with Crippen molar-refractivity contribution in [3.63, 3.8) is 0 Å². The van der Waals surface area contributed by atoms with Gasteiger partial charge in [-0.2, -0.15) is 0 Å². The van der Waals surface area contributed by atoms with Crippen molar-refractivity contribution in [2.45, 2.75) is 69.4 Å². The third kappa shape index (κ3) is 6.07. The van der Waals surface area contributed by atoms with Crippen LogP contribution in [0.3, 0.4) is 0 Å². The van der Waals surface area contributed by atoms with Crippen LogP contribution in [0.2, 0.25) is 0 Å². The summed E-state index contributed by atoms with van der Waals surface area (Å²) in [6.45, 7) is 8.48. The zero-order chi connectivity index (χ0) is 28.9. The van der Waals surface area contributed by atoms with E-state index in [0.29, 0.717) is 40.2 Å². The van der Waals surface area contributed by atoms with E-state index < -0.39 is 27.1 Å². The highest BCUT2D eigenvalue weighted by atomic mass is 32.2. The van der Waals surface area contributed by atoms with Crippen molar-refractivity contribution in [1.29, 1.82) is 0 Å². The van der Waals surface area contributed by atoms with Gasteiger partial charge in [0, 0.05) is 36.1 Å². The van der Waals surface area contributed by atoms with Crippen LogP contribution in [0.15, 0.2) is 41.3 Å². The Morgan fingerprint density at radius 3 is 2.40 bits per heavy atom. The molecule has 2 aromatic carbocycles. The first kappa shape index (κ1) is 28.7. The number of hydrogen-bond acceptors (Lipinski definition) is 7. The molecule has 0 radical (unpaired) electrons. The summed E-state index contributed by atoms with van der Waals surface area (Å²) < 4.78 is 29.5. The molecule has 11 heteroatoms. The molecule has 40 heavy (non-hydrogen) atoms. The molecule has 0 bridgehead atoms. The maximum Gasteiger partial charge on any atom is 0.280 e.